The number of hydrogen-bond acceptors (Lipinski definition) is 3. The molecule has 0 amide bonds. The summed E-state index contributed by atoms with van der Waals surface area (Å²) >= 11 is 1.90. The lowest BCUT2D eigenvalue weighted by Gasteiger charge is -2.40. The van der Waals surface area contributed by atoms with Crippen LogP contribution < -0.4 is 5.73 Å². The zero-order valence-corrected chi connectivity index (χ0v) is 10.2. The Morgan fingerprint density at radius 3 is 2.73 bits per heavy atom. The van der Waals surface area contributed by atoms with Gasteiger partial charge in [-0.1, -0.05) is 6.07 Å². The summed E-state index contributed by atoms with van der Waals surface area (Å²) in [6, 6.07) is 4.45. The molecule has 84 valence electrons. The van der Waals surface area contributed by atoms with Gasteiger partial charge in [-0.15, -0.1) is 11.3 Å². The minimum atomic E-state index is 0.384. The maximum Gasteiger partial charge on any atom is 0.0108 e. The first kappa shape index (κ1) is 11.1. The molecule has 2 nitrogen and oxygen atoms in total. The van der Waals surface area contributed by atoms with Crippen LogP contribution in [-0.4, -0.2) is 31.6 Å². The third kappa shape index (κ3) is 2.25. The minimum Gasteiger partial charge on any atom is -0.330 e. The fraction of sp³-hybridized carbons (Fsp3) is 0.667. The van der Waals surface area contributed by atoms with Crippen molar-refractivity contribution in [2.45, 2.75) is 24.7 Å². The molecule has 0 aromatic carbocycles. The van der Waals surface area contributed by atoms with Crippen molar-refractivity contribution in [3.63, 3.8) is 0 Å². The molecule has 1 fully saturated rings. The summed E-state index contributed by atoms with van der Waals surface area (Å²) < 4.78 is 0. The van der Waals surface area contributed by atoms with Crippen LogP contribution in [0.15, 0.2) is 17.5 Å². The first-order valence-corrected chi connectivity index (χ1v) is 6.57. The zero-order valence-electron chi connectivity index (χ0n) is 9.41. The predicted molar refractivity (Wildman–Crippen MR) is 66.4 cm³/mol. The number of rotatable bonds is 3. The molecule has 0 atom stereocenters. The lowest BCUT2D eigenvalue weighted by Crippen LogP contribution is -2.41. The van der Waals surface area contributed by atoms with E-state index in [1.807, 2.05) is 11.3 Å². The van der Waals surface area contributed by atoms with Gasteiger partial charge in [0.25, 0.3) is 0 Å². The molecule has 1 aromatic heterocycles. The summed E-state index contributed by atoms with van der Waals surface area (Å²) in [6.45, 7) is 3.22. The van der Waals surface area contributed by atoms with Crippen molar-refractivity contribution in [2.24, 2.45) is 5.73 Å². The van der Waals surface area contributed by atoms with Crippen LogP contribution in [0.1, 0.15) is 24.1 Å². The Labute approximate surface area is 96.1 Å². The molecule has 2 N–H and O–H groups in total. The maximum atomic E-state index is 5.78. The SMILES string of the molecule is CN1CCC(CCN)(c2cccs2)CC1. The third-order valence-electron chi connectivity index (χ3n) is 3.61. The van der Waals surface area contributed by atoms with E-state index in [9.17, 15) is 0 Å². The molecule has 1 aliphatic rings. The van der Waals surface area contributed by atoms with Crippen molar-refractivity contribution in [3.05, 3.63) is 22.4 Å². The van der Waals surface area contributed by atoms with Gasteiger partial charge in [0.15, 0.2) is 0 Å². The van der Waals surface area contributed by atoms with Gasteiger partial charge in [-0.25, -0.2) is 0 Å². The molecule has 3 heteroatoms. The lowest BCUT2D eigenvalue weighted by atomic mass is 9.74. The molecule has 1 aliphatic heterocycles. The highest BCUT2D eigenvalue weighted by atomic mass is 32.1. The number of hydrogen-bond donors (Lipinski definition) is 1. The largest absolute Gasteiger partial charge is 0.330 e. The number of likely N-dealkylation sites (tertiary alicyclic amines) is 1. The highest BCUT2D eigenvalue weighted by Crippen LogP contribution is 2.40. The summed E-state index contributed by atoms with van der Waals surface area (Å²) in [5, 5.41) is 2.19. The normalized spacial score (nSPS) is 21.7. The Hall–Kier alpha value is -0.380. The number of thiophene rings is 1. The van der Waals surface area contributed by atoms with Gasteiger partial charge < -0.3 is 10.6 Å². The van der Waals surface area contributed by atoms with Crippen molar-refractivity contribution in [1.82, 2.24) is 4.90 Å². The van der Waals surface area contributed by atoms with Crippen LogP contribution in [0.3, 0.4) is 0 Å². The summed E-state index contributed by atoms with van der Waals surface area (Å²) in [6.07, 6.45) is 3.67. The predicted octanol–water partition coefficient (Wildman–Crippen LogP) is 2.06. The third-order valence-corrected chi connectivity index (χ3v) is 4.73. The van der Waals surface area contributed by atoms with Crippen molar-refractivity contribution in [2.75, 3.05) is 26.7 Å². The van der Waals surface area contributed by atoms with E-state index in [-0.39, 0.29) is 0 Å². The monoisotopic (exact) mass is 224 g/mol. The van der Waals surface area contributed by atoms with E-state index in [4.69, 9.17) is 5.73 Å². The van der Waals surface area contributed by atoms with Gasteiger partial charge in [-0.3, -0.25) is 0 Å². The second-order valence-electron chi connectivity index (χ2n) is 4.60. The van der Waals surface area contributed by atoms with Gasteiger partial charge in [0.1, 0.15) is 0 Å². The molecule has 0 spiro atoms. The number of piperidine rings is 1. The summed E-state index contributed by atoms with van der Waals surface area (Å²) in [4.78, 5) is 3.96. The van der Waals surface area contributed by atoms with Crippen LogP contribution in [0.25, 0.3) is 0 Å². The molecule has 1 aromatic rings. The van der Waals surface area contributed by atoms with E-state index >= 15 is 0 Å². The zero-order chi connectivity index (χ0) is 10.7. The molecule has 0 unspecified atom stereocenters. The molecular weight excluding hydrogens is 204 g/mol. The molecule has 0 radical (unpaired) electrons. The van der Waals surface area contributed by atoms with E-state index in [1.165, 1.54) is 25.9 Å². The van der Waals surface area contributed by atoms with Gasteiger partial charge in [0, 0.05) is 10.3 Å². The van der Waals surface area contributed by atoms with Crippen molar-refractivity contribution < 1.29 is 0 Å². The van der Waals surface area contributed by atoms with E-state index in [2.05, 4.69) is 29.5 Å². The highest BCUT2D eigenvalue weighted by Gasteiger charge is 2.35. The molecule has 0 saturated carbocycles. The van der Waals surface area contributed by atoms with Gasteiger partial charge in [0.2, 0.25) is 0 Å². The van der Waals surface area contributed by atoms with Crippen molar-refractivity contribution in [3.8, 4) is 0 Å². The average Bonchev–Trinajstić information content (AvgIpc) is 2.76. The quantitative estimate of drug-likeness (QED) is 0.851. The van der Waals surface area contributed by atoms with Crippen LogP contribution in [0.4, 0.5) is 0 Å². The van der Waals surface area contributed by atoms with Crippen molar-refractivity contribution >= 4 is 11.3 Å². The fourth-order valence-corrected chi connectivity index (χ4v) is 3.54. The Balaban J connectivity index is 2.18. The van der Waals surface area contributed by atoms with E-state index < -0.39 is 0 Å². The molecule has 0 bridgehead atoms. The van der Waals surface area contributed by atoms with Gasteiger partial charge in [-0.05, 0) is 57.4 Å². The molecule has 2 heterocycles. The average molecular weight is 224 g/mol. The van der Waals surface area contributed by atoms with E-state index in [0.717, 1.165) is 13.0 Å². The van der Waals surface area contributed by atoms with Gasteiger partial charge >= 0.3 is 0 Å². The minimum absolute atomic E-state index is 0.384. The Morgan fingerprint density at radius 2 is 2.20 bits per heavy atom. The number of nitrogens with two attached hydrogens (primary N) is 1. The first-order valence-electron chi connectivity index (χ1n) is 5.69. The second-order valence-corrected chi connectivity index (χ2v) is 5.55. The molecule has 1 saturated heterocycles. The van der Waals surface area contributed by atoms with Crippen LogP contribution in [0, 0.1) is 0 Å². The van der Waals surface area contributed by atoms with Gasteiger partial charge in [-0.2, -0.15) is 0 Å². The second kappa shape index (κ2) is 4.64. The molecule has 15 heavy (non-hydrogen) atoms. The summed E-state index contributed by atoms with van der Waals surface area (Å²) in [7, 11) is 2.21. The maximum absolute atomic E-state index is 5.78. The van der Waals surface area contributed by atoms with E-state index in [0.29, 0.717) is 5.41 Å². The molecule has 0 aliphatic carbocycles. The first-order chi connectivity index (χ1) is 7.27. The van der Waals surface area contributed by atoms with Gasteiger partial charge in [0.05, 0.1) is 0 Å². The smallest absolute Gasteiger partial charge is 0.0108 e. The van der Waals surface area contributed by atoms with Crippen LogP contribution in [0.5, 0.6) is 0 Å². The Kier molecular flexibility index (Phi) is 3.44. The molecule has 2 rings (SSSR count). The van der Waals surface area contributed by atoms with Crippen LogP contribution >= 0.6 is 11.3 Å². The number of nitrogens with zero attached hydrogens (tertiary/aromatic N) is 1. The summed E-state index contributed by atoms with van der Waals surface area (Å²) in [5.41, 5.74) is 6.16. The van der Waals surface area contributed by atoms with Crippen LogP contribution in [-0.2, 0) is 5.41 Å². The lowest BCUT2D eigenvalue weighted by molar-refractivity contribution is 0.183. The highest BCUT2D eigenvalue weighted by molar-refractivity contribution is 7.10. The Morgan fingerprint density at radius 1 is 1.47 bits per heavy atom. The Bertz CT molecular complexity index is 287. The van der Waals surface area contributed by atoms with Crippen LogP contribution in [0.2, 0.25) is 0 Å². The fourth-order valence-electron chi connectivity index (χ4n) is 2.52. The standard InChI is InChI=1S/C12H20N2S/c1-14-8-5-12(4-7-13,6-9-14)11-3-2-10-15-11/h2-3,10H,4-9,13H2,1H3. The van der Waals surface area contributed by atoms with E-state index in [1.54, 1.807) is 4.88 Å². The molecular formula is C12H20N2S. The van der Waals surface area contributed by atoms with Crippen molar-refractivity contribution in [1.29, 1.82) is 0 Å². The summed E-state index contributed by atoms with van der Waals surface area (Å²) in [5.74, 6) is 0. The topological polar surface area (TPSA) is 29.3 Å².